The van der Waals surface area contributed by atoms with E-state index in [0.29, 0.717) is 11.4 Å². The van der Waals surface area contributed by atoms with Gasteiger partial charge in [0.2, 0.25) is 0 Å². The minimum Gasteiger partial charge on any atom is -0.255 e. The zero-order valence-electron chi connectivity index (χ0n) is 13.9. The van der Waals surface area contributed by atoms with Crippen molar-refractivity contribution in [2.24, 2.45) is 0 Å². The standard InChI is InChI=1S/C22H14N4/c1-3-15-23-19(9-1)21-11-5-7-17(25-21)13-14-18-8-6-12-22(26-18)20-10-2-4-16-24-20/h1-12,15-16H. The fourth-order valence-electron chi connectivity index (χ4n) is 2.45. The minimum atomic E-state index is 0.679. The van der Waals surface area contributed by atoms with E-state index in [9.17, 15) is 0 Å². The molecule has 122 valence electrons. The molecule has 0 aromatic carbocycles. The van der Waals surface area contributed by atoms with Gasteiger partial charge in [-0.1, -0.05) is 24.3 Å². The number of nitrogens with zero attached hydrogens (tertiary/aromatic N) is 4. The SMILES string of the molecule is C(#Cc1cccc(-c2ccccn2)n1)c1cccc(-c2ccccn2)n1. The third kappa shape index (κ3) is 3.63. The molecule has 0 aliphatic carbocycles. The Morgan fingerprint density at radius 2 is 0.923 bits per heavy atom. The summed E-state index contributed by atoms with van der Waals surface area (Å²) in [5.74, 6) is 6.16. The highest BCUT2D eigenvalue weighted by Gasteiger charge is 2.01. The highest BCUT2D eigenvalue weighted by Crippen LogP contribution is 2.14. The van der Waals surface area contributed by atoms with Gasteiger partial charge in [-0.2, -0.15) is 0 Å². The van der Waals surface area contributed by atoms with Crippen LogP contribution in [-0.2, 0) is 0 Å². The van der Waals surface area contributed by atoms with Gasteiger partial charge in [0.25, 0.3) is 0 Å². The fraction of sp³-hybridized carbons (Fsp3) is 0. The molecule has 0 radical (unpaired) electrons. The third-order valence-corrected chi connectivity index (χ3v) is 3.67. The Labute approximate surface area is 151 Å². The van der Waals surface area contributed by atoms with Gasteiger partial charge in [0, 0.05) is 12.4 Å². The van der Waals surface area contributed by atoms with Gasteiger partial charge < -0.3 is 0 Å². The molecule has 4 aromatic rings. The van der Waals surface area contributed by atoms with E-state index in [2.05, 4.69) is 31.8 Å². The van der Waals surface area contributed by atoms with Gasteiger partial charge in [0.05, 0.1) is 22.8 Å². The molecule has 26 heavy (non-hydrogen) atoms. The van der Waals surface area contributed by atoms with Crippen LogP contribution in [0.3, 0.4) is 0 Å². The smallest absolute Gasteiger partial charge is 0.114 e. The van der Waals surface area contributed by atoms with Crippen molar-refractivity contribution in [1.29, 1.82) is 0 Å². The molecule has 0 atom stereocenters. The van der Waals surface area contributed by atoms with Crippen molar-refractivity contribution >= 4 is 0 Å². The van der Waals surface area contributed by atoms with Crippen molar-refractivity contribution in [3.63, 3.8) is 0 Å². The quantitative estimate of drug-likeness (QED) is 0.520. The highest BCUT2D eigenvalue weighted by atomic mass is 14.8. The van der Waals surface area contributed by atoms with Crippen LogP contribution in [0.25, 0.3) is 22.8 Å². The second-order valence-corrected chi connectivity index (χ2v) is 5.50. The van der Waals surface area contributed by atoms with Crippen LogP contribution >= 0.6 is 0 Å². The van der Waals surface area contributed by atoms with Crippen LogP contribution < -0.4 is 0 Å². The zero-order chi connectivity index (χ0) is 17.6. The molecule has 4 heterocycles. The van der Waals surface area contributed by atoms with Crippen LogP contribution in [0.5, 0.6) is 0 Å². The molecule has 0 bridgehead atoms. The number of hydrogen-bond donors (Lipinski definition) is 0. The maximum absolute atomic E-state index is 4.56. The molecule has 0 fully saturated rings. The van der Waals surface area contributed by atoms with Crippen LogP contribution in [0.15, 0.2) is 85.2 Å². The van der Waals surface area contributed by atoms with Crippen molar-refractivity contribution in [2.75, 3.05) is 0 Å². The van der Waals surface area contributed by atoms with Crippen molar-refractivity contribution in [1.82, 2.24) is 19.9 Å². The fourth-order valence-corrected chi connectivity index (χ4v) is 2.45. The highest BCUT2D eigenvalue weighted by molar-refractivity contribution is 5.56. The lowest BCUT2D eigenvalue weighted by Crippen LogP contribution is -1.91. The van der Waals surface area contributed by atoms with E-state index in [1.54, 1.807) is 12.4 Å². The van der Waals surface area contributed by atoms with Gasteiger partial charge in [-0.3, -0.25) is 9.97 Å². The van der Waals surface area contributed by atoms with E-state index in [1.165, 1.54) is 0 Å². The summed E-state index contributed by atoms with van der Waals surface area (Å²) in [6.45, 7) is 0. The average molecular weight is 334 g/mol. The summed E-state index contributed by atoms with van der Waals surface area (Å²) in [6.07, 6.45) is 3.50. The second kappa shape index (κ2) is 7.37. The molecule has 0 unspecified atom stereocenters. The first kappa shape index (κ1) is 15.7. The zero-order valence-corrected chi connectivity index (χ0v) is 13.9. The molecule has 4 heteroatoms. The predicted octanol–water partition coefficient (Wildman–Crippen LogP) is 4.00. The van der Waals surface area contributed by atoms with Crippen LogP contribution in [-0.4, -0.2) is 19.9 Å². The summed E-state index contributed by atoms with van der Waals surface area (Å²) in [7, 11) is 0. The summed E-state index contributed by atoms with van der Waals surface area (Å²) in [5, 5.41) is 0. The molecule has 0 saturated heterocycles. The predicted molar refractivity (Wildman–Crippen MR) is 101 cm³/mol. The maximum atomic E-state index is 4.56. The Hall–Kier alpha value is -3.84. The Morgan fingerprint density at radius 3 is 1.35 bits per heavy atom. The molecule has 0 amide bonds. The molecule has 4 aromatic heterocycles. The average Bonchev–Trinajstić information content (AvgIpc) is 2.74. The molecule has 0 aliphatic rings. The van der Waals surface area contributed by atoms with Gasteiger partial charge >= 0.3 is 0 Å². The molecule has 4 nitrogen and oxygen atoms in total. The molecule has 0 aliphatic heterocycles. The summed E-state index contributed by atoms with van der Waals surface area (Å²) in [5.41, 5.74) is 4.61. The van der Waals surface area contributed by atoms with Gasteiger partial charge in [0.1, 0.15) is 11.4 Å². The summed E-state index contributed by atoms with van der Waals surface area (Å²) in [6, 6.07) is 23.0. The van der Waals surface area contributed by atoms with Gasteiger partial charge in [0.15, 0.2) is 0 Å². The van der Waals surface area contributed by atoms with Gasteiger partial charge in [-0.15, -0.1) is 0 Å². The number of aromatic nitrogens is 4. The normalized spacial score (nSPS) is 10.0. The third-order valence-electron chi connectivity index (χ3n) is 3.67. The molecule has 4 rings (SSSR count). The van der Waals surface area contributed by atoms with E-state index < -0.39 is 0 Å². The summed E-state index contributed by atoms with van der Waals surface area (Å²) < 4.78 is 0. The van der Waals surface area contributed by atoms with E-state index >= 15 is 0 Å². The Balaban J connectivity index is 1.63. The van der Waals surface area contributed by atoms with Crippen molar-refractivity contribution in [3.05, 3.63) is 96.6 Å². The van der Waals surface area contributed by atoms with Crippen molar-refractivity contribution in [2.45, 2.75) is 0 Å². The lowest BCUT2D eigenvalue weighted by atomic mass is 10.2. The first-order valence-corrected chi connectivity index (χ1v) is 8.17. The molecule has 0 saturated carbocycles. The maximum Gasteiger partial charge on any atom is 0.114 e. The van der Waals surface area contributed by atoms with E-state index in [-0.39, 0.29) is 0 Å². The topological polar surface area (TPSA) is 51.6 Å². The van der Waals surface area contributed by atoms with Gasteiger partial charge in [-0.25, -0.2) is 9.97 Å². The van der Waals surface area contributed by atoms with E-state index in [4.69, 9.17) is 0 Å². The number of pyridine rings is 4. The first-order chi connectivity index (χ1) is 12.9. The van der Waals surface area contributed by atoms with E-state index in [0.717, 1.165) is 22.8 Å². The van der Waals surface area contributed by atoms with Crippen LogP contribution in [0.4, 0.5) is 0 Å². The molecular formula is C22H14N4. The largest absolute Gasteiger partial charge is 0.255 e. The lowest BCUT2D eigenvalue weighted by Gasteiger charge is -2.00. The Bertz CT molecular complexity index is 994. The summed E-state index contributed by atoms with van der Waals surface area (Å²) >= 11 is 0. The first-order valence-electron chi connectivity index (χ1n) is 8.17. The Morgan fingerprint density at radius 1 is 0.462 bits per heavy atom. The van der Waals surface area contributed by atoms with Crippen LogP contribution in [0.2, 0.25) is 0 Å². The molecule has 0 spiro atoms. The number of hydrogen-bond acceptors (Lipinski definition) is 4. The molecule has 0 N–H and O–H groups in total. The van der Waals surface area contributed by atoms with Crippen molar-refractivity contribution in [3.8, 4) is 34.6 Å². The van der Waals surface area contributed by atoms with Crippen LogP contribution in [0.1, 0.15) is 11.4 Å². The van der Waals surface area contributed by atoms with E-state index in [1.807, 2.05) is 72.8 Å². The van der Waals surface area contributed by atoms with Crippen molar-refractivity contribution < 1.29 is 0 Å². The molecular weight excluding hydrogens is 320 g/mol. The monoisotopic (exact) mass is 334 g/mol. The minimum absolute atomic E-state index is 0.679. The lowest BCUT2D eigenvalue weighted by molar-refractivity contribution is 1.22. The number of rotatable bonds is 2. The van der Waals surface area contributed by atoms with Crippen LogP contribution in [0, 0.1) is 11.8 Å². The summed E-state index contributed by atoms with van der Waals surface area (Å²) in [4.78, 5) is 17.8. The Kier molecular flexibility index (Phi) is 4.44. The van der Waals surface area contributed by atoms with Gasteiger partial charge in [-0.05, 0) is 60.4 Å². The second-order valence-electron chi connectivity index (χ2n) is 5.50.